The van der Waals surface area contributed by atoms with Gasteiger partial charge in [-0.25, -0.2) is 0 Å². The van der Waals surface area contributed by atoms with Gasteiger partial charge >= 0.3 is 5.97 Å². The molecule has 1 rings (SSSR count). The van der Waals surface area contributed by atoms with Gasteiger partial charge in [-0.1, -0.05) is 0 Å². The lowest BCUT2D eigenvalue weighted by atomic mass is 10.3. The average molecular weight is 198 g/mol. The van der Waals surface area contributed by atoms with Crippen LogP contribution < -0.4 is 11.1 Å². The third-order valence-electron chi connectivity index (χ3n) is 2.03. The molecule has 5 N–H and O–H groups in total. The van der Waals surface area contributed by atoms with E-state index in [4.69, 9.17) is 16.2 Å². The highest BCUT2D eigenvalue weighted by Gasteiger charge is 2.18. The van der Waals surface area contributed by atoms with E-state index < -0.39 is 12.0 Å². The second-order valence-electron chi connectivity index (χ2n) is 3.20. The van der Waals surface area contributed by atoms with Crippen molar-refractivity contribution in [3.63, 3.8) is 0 Å². The smallest absolute Gasteiger partial charge is 0.325 e. The van der Waals surface area contributed by atoms with E-state index >= 15 is 0 Å². The van der Waals surface area contributed by atoms with Crippen LogP contribution in [0.4, 0.5) is 0 Å². The fourth-order valence-corrected chi connectivity index (χ4v) is 1.18. The summed E-state index contributed by atoms with van der Waals surface area (Å²) in [6, 6.07) is -0.617. The Morgan fingerprint density at radius 2 is 2.50 bits per heavy atom. The van der Waals surface area contributed by atoms with Crippen molar-refractivity contribution in [2.45, 2.75) is 13.0 Å². The molecule has 0 spiro atoms. The maximum atomic E-state index is 10.5. The zero-order valence-corrected chi connectivity index (χ0v) is 7.95. The molecule has 1 aliphatic rings. The standard InChI is InChI=1S/C8H14N4O2/c1-5(7(13)14)11-6-2-3-12(4-6)8(9)10/h2,5,11H,3-4H2,1H3,(H3,9,10)(H,13,14). The van der Waals surface area contributed by atoms with E-state index in [-0.39, 0.29) is 5.96 Å². The molecule has 1 heterocycles. The molecular formula is C8H14N4O2. The Labute approximate surface area is 81.9 Å². The first-order chi connectivity index (χ1) is 6.50. The Morgan fingerprint density at radius 1 is 1.86 bits per heavy atom. The number of rotatable bonds is 3. The van der Waals surface area contributed by atoms with Crippen molar-refractivity contribution < 1.29 is 9.90 Å². The lowest BCUT2D eigenvalue weighted by Crippen LogP contribution is -2.38. The summed E-state index contributed by atoms with van der Waals surface area (Å²) in [5.41, 5.74) is 6.08. The molecule has 0 radical (unpaired) electrons. The molecular weight excluding hydrogens is 184 g/mol. The van der Waals surface area contributed by atoms with Crippen molar-refractivity contribution in [1.29, 1.82) is 5.41 Å². The summed E-state index contributed by atoms with van der Waals surface area (Å²) < 4.78 is 0. The number of nitrogens with two attached hydrogens (primary N) is 1. The van der Waals surface area contributed by atoms with Gasteiger partial charge in [0.1, 0.15) is 6.04 Å². The molecule has 0 aliphatic carbocycles. The van der Waals surface area contributed by atoms with E-state index in [2.05, 4.69) is 5.32 Å². The number of aliphatic carboxylic acids is 1. The van der Waals surface area contributed by atoms with Crippen molar-refractivity contribution in [3.05, 3.63) is 11.8 Å². The van der Waals surface area contributed by atoms with E-state index in [0.717, 1.165) is 5.70 Å². The van der Waals surface area contributed by atoms with E-state index in [1.54, 1.807) is 11.8 Å². The van der Waals surface area contributed by atoms with Crippen molar-refractivity contribution in [1.82, 2.24) is 10.2 Å². The fraction of sp³-hybridized carbons (Fsp3) is 0.500. The molecule has 0 aromatic heterocycles. The Morgan fingerprint density at radius 3 is 2.93 bits per heavy atom. The largest absolute Gasteiger partial charge is 0.480 e. The molecule has 14 heavy (non-hydrogen) atoms. The zero-order chi connectivity index (χ0) is 10.7. The van der Waals surface area contributed by atoms with Crippen LogP contribution in [0.2, 0.25) is 0 Å². The molecule has 1 atom stereocenters. The number of carboxylic acids is 1. The number of hydrogen-bond acceptors (Lipinski definition) is 3. The summed E-state index contributed by atoms with van der Waals surface area (Å²) in [5.74, 6) is -0.895. The van der Waals surface area contributed by atoms with Crippen LogP contribution in [0.15, 0.2) is 11.8 Å². The van der Waals surface area contributed by atoms with Gasteiger partial charge in [0.05, 0.1) is 6.54 Å². The fourth-order valence-electron chi connectivity index (χ4n) is 1.18. The summed E-state index contributed by atoms with van der Waals surface area (Å²) in [5, 5.41) is 18.7. The Balaban J connectivity index is 2.43. The number of guanidine groups is 1. The summed E-state index contributed by atoms with van der Waals surface area (Å²) in [6.07, 6.45) is 1.83. The number of carboxylic acid groups (broad SMARTS) is 1. The summed E-state index contributed by atoms with van der Waals surface area (Å²) in [6.45, 7) is 2.61. The molecule has 0 saturated carbocycles. The third kappa shape index (κ3) is 2.38. The minimum atomic E-state index is -0.896. The molecule has 6 nitrogen and oxygen atoms in total. The monoisotopic (exact) mass is 198 g/mol. The van der Waals surface area contributed by atoms with Crippen LogP contribution in [0, 0.1) is 5.41 Å². The highest BCUT2D eigenvalue weighted by atomic mass is 16.4. The predicted molar refractivity (Wildman–Crippen MR) is 51.8 cm³/mol. The van der Waals surface area contributed by atoms with Gasteiger partial charge in [-0.3, -0.25) is 10.2 Å². The van der Waals surface area contributed by atoms with E-state index in [0.29, 0.717) is 13.1 Å². The SMILES string of the molecule is CC(NC1=CCN(C(=N)N)C1)C(=O)O. The van der Waals surface area contributed by atoms with Gasteiger partial charge in [-0.2, -0.15) is 0 Å². The number of nitrogens with one attached hydrogen (secondary N) is 2. The van der Waals surface area contributed by atoms with Gasteiger partial charge in [0, 0.05) is 12.2 Å². The third-order valence-corrected chi connectivity index (χ3v) is 2.03. The first-order valence-corrected chi connectivity index (χ1v) is 4.28. The van der Waals surface area contributed by atoms with Crippen LogP contribution in [-0.4, -0.2) is 41.1 Å². The molecule has 1 unspecified atom stereocenters. The van der Waals surface area contributed by atoms with Gasteiger partial charge in [0.25, 0.3) is 0 Å². The average Bonchev–Trinajstić information content (AvgIpc) is 2.52. The molecule has 78 valence electrons. The second kappa shape index (κ2) is 3.99. The number of hydrogen-bond donors (Lipinski definition) is 4. The maximum absolute atomic E-state index is 10.5. The van der Waals surface area contributed by atoms with Crippen LogP contribution in [0.5, 0.6) is 0 Å². The minimum absolute atomic E-state index is 0.000952. The number of carbonyl (C=O) groups is 1. The van der Waals surface area contributed by atoms with Crippen LogP contribution in [0.3, 0.4) is 0 Å². The van der Waals surface area contributed by atoms with Gasteiger partial charge in [0.2, 0.25) is 0 Å². The summed E-state index contributed by atoms with van der Waals surface area (Å²) in [4.78, 5) is 12.2. The molecule has 6 heteroatoms. The summed E-state index contributed by atoms with van der Waals surface area (Å²) in [7, 11) is 0. The van der Waals surface area contributed by atoms with Crippen molar-refractivity contribution in [2.24, 2.45) is 5.73 Å². The van der Waals surface area contributed by atoms with Gasteiger partial charge in [-0.05, 0) is 13.0 Å². The van der Waals surface area contributed by atoms with Crippen LogP contribution in [-0.2, 0) is 4.79 Å². The van der Waals surface area contributed by atoms with Crippen molar-refractivity contribution in [3.8, 4) is 0 Å². The molecule has 0 aromatic carbocycles. The lowest BCUT2D eigenvalue weighted by molar-refractivity contribution is -0.138. The Bertz CT molecular complexity index is 287. The molecule has 1 aliphatic heterocycles. The Hall–Kier alpha value is -1.72. The lowest BCUT2D eigenvalue weighted by Gasteiger charge is -2.17. The topological polar surface area (TPSA) is 102 Å². The van der Waals surface area contributed by atoms with Gasteiger partial charge in [-0.15, -0.1) is 0 Å². The second-order valence-corrected chi connectivity index (χ2v) is 3.20. The first-order valence-electron chi connectivity index (χ1n) is 4.28. The minimum Gasteiger partial charge on any atom is -0.480 e. The summed E-state index contributed by atoms with van der Waals surface area (Å²) >= 11 is 0. The first kappa shape index (κ1) is 10.4. The van der Waals surface area contributed by atoms with Crippen LogP contribution in [0.25, 0.3) is 0 Å². The van der Waals surface area contributed by atoms with E-state index in [9.17, 15) is 4.79 Å². The number of nitrogens with zero attached hydrogens (tertiary/aromatic N) is 1. The maximum Gasteiger partial charge on any atom is 0.325 e. The quantitative estimate of drug-likeness (QED) is 0.349. The Kier molecular flexibility index (Phi) is 2.95. The van der Waals surface area contributed by atoms with Crippen LogP contribution in [0.1, 0.15) is 6.92 Å². The predicted octanol–water partition coefficient (Wildman–Crippen LogP) is -0.858. The van der Waals surface area contributed by atoms with E-state index in [1.165, 1.54) is 0 Å². The van der Waals surface area contributed by atoms with Crippen molar-refractivity contribution >= 4 is 11.9 Å². The molecule has 0 aromatic rings. The molecule has 0 bridgehead atoms. The zero-order valence-electron chi connectivity index (χ0n) is 7.95. The van der Waals surface area contributed by atoms with Gasteiger partial charge in [0.15, 0.2) is 5.96 Å². The van der Waals surface area contributed by atoms with Crippen LogP contribution >= 0.6 is 0 Å². The van der Waals surface area contributed by atoms with E-state index in [1.807, 2.05) is 6.08 Å². The molecule has 0 fully saturated rings. The van der Waals surface area contributed by atoms with Crippen molar-refractivity contribution in [2.75, 3.05) is 13.1 Å². The normalized spacial score (nSPS) is 17.5. The highest BCUT2D eigenvalue weighted by Crippen LogP contribution is 2.05. The molecule has 0 saturated heterocycles. The molecule has 0 amide bonds. The van der Waals surface area contributed by atoms with Gasteiger partial charge < -0.3 is 21.1 Å². The highest BCUT2D eigenvalue weighted by molar-refractivity contribution is 5.76.